The molecule has 0 amide bonds. The Kier molecular flexibility index (Phi) is 3.72. The van der Waals surface area contributed by atoms with Crippen molar-refractivity contribution in [3.8, 4) is 0 Å². The monoisotopic (exact) mass is 304 g/mol. The first-order valence-corrected chi connectivity index (χ1v) is 7.48. The molecule has 4 nitrogen and oxygen atoms in total. The third kappa shape index (κ3) is 2.68. The van der Waals surface area contributed by atoms with Crippen molar-refractivity contribution in [3.63, 3.8) is 0 Å². The standard InChI is InChI=1S/C16H17ClN2O2/c1-10-5-7-19(15(8-10)16(20)21)14-4-6-18-13-9-11(17)2-3-12(13)14/h2-4,6,9-10,15H,5,7-8H2,1H3,(H,20,21). The van der Waals surface area contributed by atoms with E-state index in [2.05, 4.69) is 11.9 Å². The van der Waals surface area contributed by atoms with Gasteiger partial charge < -0.3 is 10.0 Å². The lowest BCUT2D eigenvalue weighted by Gasteiger charge is -2.38. The Morgan fingerprint density at radius 3 is 3.00 bits per heavy atom. The number of pyridine rings is 1. The smallest absolute Gasteiger partial charge is 0.326 e. The lowest BCUT2D eigenvalue weighted by atomic mass is 9.91. The summed E-state index contributed by atoms with van der Waals surface area (Å²) >= 11 is 6.01. The summed E-state index contributed by atoms with van der Waals surface area (Å²) in [5, 5.41) is 11.1. The second-order valence-electron chi connectivity index (χ2n) is 5.67. The zero-order valence-corrected chi connectivity index (χ0v) is 12.5. The Balaban J connectivity index is 2.08. The Labute approximate surface area is 128 Å². The van der Waals surface area contributed by atoms with E-state index < -0.39 is 12.0 Å². The predicted molar refractivity (Wildman–Crippen MR) is 83.9 cm³/mol. The van der Waals surface area contributed by atoms with Crippen LogP contribution in [0.15, 0.2) is 30.5 Å². The van der Waals surface area contributed by atoms with Crippen molar-refractivity contribution in [3.05, 3.63) is 35.5 Å². The van der Waals surface area contributed by atoms with Crippen molar-refractivity contribution in [2.75, 3.05) is 11.4 Å². The van der Waals surface area contributed by atoms with Crippen molar-refractivity contribution < 1.29 is 9.90 Å². The van der Waals surface area contributed by atoms with Gasteiger partial charge in [-0.1, -0.05) is 18.5 Å². The zero-order valence-electron chi connectivity index (χ0n) is 11.8. The van der Waals surface area contributed by atoms with Crippen LogP contribution in [0.25, 0.3) is 10.9 Å². The van der Waals surface area contributed by atoms with E-state index in [0.29, 0.717) is 17.4 Å². The van der Waals surface area contributed by atoms with Crippen LogP contribution in [-0.2, 0) is 4.79 Å². The molecule has 0 radical (unpaired) electrons. The fraction of sp³-hybridized carbons (Fsp3) is 0.375. The van der Waals surface area contributed by atoms with Crippen LogP contribution in [0.2, 0.25) is 5.02 Å². The normalized spacial score (nSPS) is 22.5. The lowest BCUT2D eigenvalue weighted by Crippen LogP contribution is -2.47. The summed E-state index contributed by atoms with van der Waals surface area (Å²) in [5.41, 5.74) is 1.72. The van der Waals surface area contributed by atoms with Crippen molar-refractivity contribution in [2.45, 2.75) is 25.8 Å². The fourth-order valence-electron chi connectivity index (χ4n) is 3.02. The molecular weight excluding hydrogens is 288 g/mol. The van der Waals surface area contributed by atoms with Gasteiger partial charge >= 0.3 is 5.97 Å². The average Bonchev–Trinajstić information content (AvgIpc) is 2.46. The predicted octanol–water partition coefficient (Wildman–Crippen LogP) is 3.58. The molecule has 2 atom stereocenters. The topological polar surface area (TPSA) is 53.4 Å². The number of rotatable bonds is 2. The van der Waals surface area contributed by atoms with Crippen LogP contribution >= 0.6 is 11.6 Å². The minimum atomic E-state index is -0.763. The number of carbonyl (C=O) groups is 1. The highest BCUT2D eigenvalue weighted by Crippen LogP contribution is 2.33. The number of hydrogen-bond donors (Lipinski definition) is 1. The first-order chi connectivity index (χ1) is 10.1. The molecule has 3 rings (SSSR count). The van der Waals surface area contributed by atoms with E-state index in [0.717, 1.165) is 29.6 Å². The first kappa shape index (κ1) is 14.1. The first-order valence-electron chi connectivity index (χ1n) is 7.10. The molecule has 0 spiro atoms. The number of halogens is 1. The summed E-state index contributed by atoms with van der Waals surface area (Å²) in [5.74, 6) is -0.328. The van der Waals surface area contributed by atoms with Crippen LogP contribution in [0.5, 0.6) is 0 Å². The maximum absolute atomic E-state index is 11.6. The molecule has 0 aliphatic carbocycles. The number of aliphatic carboxylic acids is 1. The van der Waals surface area contributed by atoms with Gasteiger partial charge in [0.25, 0.3) is 0 Å². The minimum Gasteiger partial charge on any atom is -0.480 e. The Bertz CT molecular complexity index is 689. The van der Waals surface area contributed by atoms with Crippen LogP contribution in [0.1, 0.15) is 19.8 Å². The summed E-state index contributed by atoms with van der Waals surface area (Å²) in [7, 11) is 0. The molecule has 5 heteroatoms. The van der Waals surface area contributed by atoms with E-state index in [-0.39, 0.29) is 0 Å². The zero-order chi connectivity index (χ0) is 15.0. The highest BCUT2D eigenvalue weighted by molar-refractivity contribution is 6.31. The van der Waals surface area contributed by atoms with Crippen molar-refractivity contribution in [2.24, 2.45) is 5.92 Å². The number of carboxylic acids is 1. The molecule has 1 N–H and O–H groups in total. The van der Waals surface area contributed by atoms with Crippen molar-refractivity contribution >= 4 is 34.2 Å². The van der Waals surface area contributed by atoms with Gasteiger partial charge in [-0.05, 0) is 43.0 Å². The van der Waals surface area contributed by atoms with Gasteiger partial charge in [-0.2, -0.15) is 0 Å². The van der Waals surface area contributed by atoms with Crippen molar-refractivity contribution in [1.29, 1.82) is 0 Å². The van der Waals surface area contributed by atoms with Crippen LogP contribution in [0.3, 0.4) is 0 Å². The van der Waals surface area contributed by atoms with E-state index in [9.17, 15) is 9.90 Å². The number of fused-ring (bicyclic) bond motifs is 1. The van der Waals surface area contributed by atoms with Gasteiger partial charge in [0.15, 0.2) is 0 Å². The van der Waals surface area contributed by atoms with Gasteiger partial charge in [-0.15, -0.1) is 0 Å². The van der Waals surface area contributed by atoms with E-state index in [4.69, 9.17) is 11.6 Å². The van der Waals surface area contributed by atoms with E-state index >= 15 is 0 Å². The maximum atomic E-state index is 11.6. The number of anilines is 1. The molecule has 0 bridgehead atoms. The Morgan fingerprint density at radius 2 is 2.24 bits per heavy atom. The molecule has 1 aliphatic rings. The Hall–Kier alpha value is -1.81. The molecule has 21 heavy (non-hydrogen) atoms. The molecule has 1 aromatic heterocycles. The van der Waals surface area contributed by atoms with Gasteiger partial charge in [-0.25, -0.2) is 4.79 Å². The van der Waals surface area contributed by atoms with Gasteiger partial charge in [0.05, 0.1) is 5.52 Å². The number of hydrogen-bond acceptors (Lipinski definition) is 3. The van der Waals surface area contributed by atoms with Gasteiger partial charge in [0.2, 0.25) is 0 Å². The molecule has 1 fully saturated rings. The minimum absolute atomic E-state index is 0.435. The van der Waals surface area contributed by atoms with E-state index in [1.807, 2.05) is 29.2 Å². The molecule has 1 aliphatic heterocycles. The second kappa shape index (κ2) is 5.53. The number of aromatic nitrogens is 1. The SMILES string of the molecule is CC1CCN(c2ccnc3cc(Cl)ccc23)C(C(=O)O)C1. The molecule has 2 heterocycles. The third-order valence-electron chi connectivity index (χ3n) is 4.14. The molecule has 2 unspecified atom stereocenters. The van der Waals surface area contributed by atoms with Crippen LogP contribution in [-0.4, -0.2) is 28.6 Å². The molecular formula is C16H17ClN2O2. The molecule has 1 aromatic carbocycles. The van der Waals surface area contributed by atoms with Gasteiger partial charge in [0, 0.05) is 28.8 Å². The summed E-state index contributed by atoms with van der Waals surface area (Å²) in [6.45, 7) is 2.86. The molecule has 110 valence electrons. The third-order valence-corrected chi connectivity index (χ3v) is 4.38. The summed E-state index contributed by atoms with van der Waals surface area (Å²) < 4.78 is 0. The quantitative estimate of drug-likeness (QED) is 0.921. The fourth-order valence-corrected chi connectivity index (χ4v) is 3.19. The van der Waals surface area contributed by atoms with Crippen molar-refractivity contribution in [1.82, 2.24) is 4.98 Å². The summed E-state index contributed by atoms with van der Waals surface area (Å²) in [6, 6.07) is 6.95. The lowest BCUT2D eigenvalue weighted by molar-refractivity contribution is -0.139. The summed E-state index contributed by atoms with van der Waals surface area (Å²) in [4.78, 5) is 17.9. The highest BCUT2D eigenvalue weighted by Gasteiger charge is 2.32. The van der Waals surface area contributed by atoms with E-state index in [1.165, 1.54) is 0 Å². The number of carboxylic acid groups (broad SMARTS) is 1. The maximum Gasteiger partial charge on any atom is 0.326 e. The van der Waals surface area contributed by atoms with E-state index in [1.54, 1.807) is 6.20 Å². The van der Waals surface area contributed by atoms with Crippen LogP contribution in [0.4, 0.5) is 5.69 Å². The van der Waals surface area contributed by atoms with Gasteiger partial charge in [0.1, 0.15) is 6.04 Å². The number of piperidine rings is 1. The second-order valence-corrected chi connectivity index (χ2v) is 6.10. The molecule has 2 aromatic rings. The number of nitrogens with zero attached hydrogens (tertiary/aromatic N) is 2. The van der Waals surface area contributed by atoms with Gasteiger partial charge in [-0.3, -0.25) is 4.98 Å². The number of benzene rings is 1. The summed E-state index contributed by atoms with van der Waals surface area (Å²) in [6.07, 6.45) is 3.39. The highest BCUT2D eigenvalue weighted by atomic mass is 35.5. The van der Waals surface area contributed by atoms with Crippen LogP contribution < -0.4 is 4.90 Å². The average molecular weight is 305 g/mol. The molecule has 0 saturated carbocycles. The Morgan fingerprint density at radius 1 is 1.43 bits per heavy atom. The molecule has 1 saturated heterocycles. The largest absolute Gasteiger partial charge is 0.480 e. The van der Waals surface area contributed by atoms with Crippen LogP contribution in [0, 0.1) is 5.92 Å².